The molecule has 0 saturated carbocycles. The molecular weight excluding hydrogens is 388 g/mol. The van der Waals surface area contributed by atoms with Crippen molar-refractivity contribution < 1.29 is 14.7 Å². The molecule has 1 aromatic heterocycles. The highest BCUT2D eigenvalue weighted by Gasteiger charge is 2.31. The monoisotopic (exact) mass is 426 g/mol. The number of hydrogen-bond donors (Lipinski definition) is 4. The second-order valence-corrected chi connectivity index (χ2v) is 10.8. The van der Waals surface area contributed by atoms with Crippen LogP contribution in [0.3, 0.4) is 0 Å². The van der Waals surface area contributed by atoms with E-state index in [-0.39, 0.29) is 5.91 Å². The number of nitrogens with zero attached hydrogens (tertiary/aromatic N) is 1. The number of rotatable bonds is 10. The van der Waals surface area contributed by atoms with Gasteiger partial charge in [-0.25, -0.2) is 4.98 Å². The molecule has 0 bridgehead atoms. The molecule has 166 valence electrons. The molecular formula is C21H38N4O3S. The van der Waals surface area contributed by atoms with Crippen LogP contribution in [0, 0.1) is 10.8 Å². The molecule has 0 aliphatic rings. The Morgan fingerprint density at radius 3 is 2.38 bits per heavy atom. The maximum atomic E-state index is 12.6. The number of carbonyl (C=O) groups is 2. The Morgan fingerprint density at radius 1 is 1.17 bits per heavy atom. The second-order valence-electron chi connectivity index (χ2n) is 9.73. The number of amides is 2. The first kappa shape index (κ1) is 25.5. The van der Waals surface area contributed by atoms with E-state index in [9.17, 15) is 14.7 Å². The van der Waals surface area contributed by atoms with Gasteiger partial charge in [-0.2, -0.15) is 0 Å². The molecule has 2 atom stereocenters. The number of aliphatic hydroxyl groups excluding tert-OH is 1. The number of aromatic nitrogens is 1. The molecule has 0 spiro atoms. The van der Waals surface area contributed by atoms with Gasteiger partial charge in [-0.15, -0.1) is 11.3 Å². The summed E-state index contributed by atoms with van der Waals surface area (Å²) in [5.74, 6) is -0.850. The number of carbonyl (C=O) groups excluding carboxylic acids is 2. The van der Waals surface area contributed by atoms with Crippen LogP contribution in [0.1, 0.15) is 72.6 Å². The Hall–Kier alpha value is -1.51. The first-order valence-corrected chi connectivity index (χ1v) is 11.1. The van der Waals surface area contributed by atoms with Crippen LogP contribution in [0.5, 0.6) is 0 Å². The highest BCUT2D eigenvalue weighted by molar-refractivity contribution is 7.15. The fourth-order valence-electron chi connectivity index (χ4n) is 2.52. The van der Waals surface area contributed by atoms with E-state index in [1.165, 1.54) is 11.3 Å². The van der Waals surface area contributed by atoms with Crippen LogP contribution in [0.4, 0.5) is 5.13 Å². The van der Waals surface area contributed by atoms with E-state index in [0.717, 1.165) is 24.3 Å². The average molecular weight is 427 g/mol. The highest BCUT2D eigenvalue weighted by atomic mass is 32.1. The van der Waals surface area contributed by atoms with E-state index in [2.05, 4.69) is 41.7 Å². The maximum Gasteiger partial charge on any atom is 0.250 e. The molecule has 0 aliphatic carbocycles. The Labute approximate surface area is 179 Å². The molecule has 4 N–H and O–H groups in total. The molecule has 0 saturated heterocycles. The summed E-state index contributed by atoms with van der Waals surface area (Å²) in [6, 6.07) is -0.707. The van der Waals surface area contributed by atoms with Crippen molar-refractivity contribution >= 4 is 28.3 Å². The van der Waals surface area contributed by atoms with Gasteiger partial charge in [0, 0.05) is 17.6 Å². The lowest BCUT2D eigenvalue weighted by molar-refractivity contribution is -0.137. The van der Waals surface area contributed by atoms with Gasteiger partial charge in [0.15, 0.2) is 5.13 Å². The zero-order valence-corrected chi connectivity index (χ0v) is 19.7. The molecule has 29 heavy (non-hydrogen) atoms. The molecule has 0 aliphatic heterocycles. The fourth-order valence-corrected chi connectivity index (χ4v) is 3.30. The van der Waals surface area contributed by atoms with Gasteiger partial charge in [-0.3, -0.25) is 9.59 Å². The summed E-state index contributed by atoms with van der Waals surface area (Å²) in [6.45, 7) is 15.5. The van der Waals surface area contributed by atoms with Crippen LogP contribution in [0.2, 0.25) is 0 Å². The van der Waals surface area contributed by atoms with Crippen molar-refractivity contribution in [2.45, 2.75) is 86.4 Å². The summed E-state index contributed by atoms with van der Waals surface area (Å²) in [6.07, 6.45) is 2.86. The number of anilines is 1. The molecule has 1 rings (SSSR count). The van der Waals surface area contributed by atoms with Gasteiger partial charge in [-0.05, 0) is 30.2 Å². The molecule has 0 radical (unpaired) electrons. The molecule has 2 amide bonds. The lowest BCUT2D eigenvalue weighted by Crippen LogP contribution is -2.50. The average Bonchev–Trinajstić information content (AvgIpc) is 3.03. The molecule has 7 nitrogen and oxygen atoms in total. The molecule has 1 heterocycles. The number of thiazole rings is 1. The summed E-state index contributed by atoms with van der Waals surface area (Å²) in [4.78, 5) is 30.2. The third kappa shape index (κ3) is 9.69. The van der Waals surface area contributed by atoms with Crippen LogP contribution in [-0.4, -0.2) is 40.6 Å². The van der Waals surface area contributed by atoms with E-state index in [1.807, 2.05) is 6.92 Å². The highest BCUT2D eigenvalue weighted by Crippen LogP contribution is 2.21. The van der Waals surface area contributed by atoms with Gasteiger partial charge in [0.05, 0.1) is 0 Å². The standard InChI is InChI=1S/C21H38N4O3S/c1-8-9-15(24-18(28)16(26)21(5,6)7)17(27)25-19-23-13-14(29-19)12-22-11-10-20(2,3)4/h13,15-16,22,26H,8-12H2,1-7H3,(H,24,28)(H,23,25,27)/t15-,16+/m0/s1. The third-order valence-corrected chi connectivity index (χ3v) is 5.33. The zero-order valence-electron chi connectivity index (χ0n) is 18.9. The van der Waals surface area contributed by atoms with Gasteiger partial charge < -0.3 is 21.1 Å². The lowest BCUT2D eigenvalue weighted by atomic mass is 9.88. The van der Waals surface area contributed by atoms with Crippen LogP contribution < -0.4 is 16.0 Å². The third-order valence-electron chi connectivity index (χ3n) is 4.41. The van der Waals surface area contributed by atoms with Crippen molar-refractivity contribution in [2.75, 3.05) is 11.9 Å². The Bertz CT molecular complexity index is 662. The Kier molecular flexibility index (Phi) is 9.71. The Morgan fingerprint density at radius 2 is 1.83 bits per heavy atom. The minimum atomic E-state index is -1.18. The summed E-state index contributed by atoms with van der Waals surface area (Å²) in [7, 11) is 0. The minimum absolute atomic E-state index is 0.291. The van der Waals surface area contributed by atoms with E-state index in [4.69, 9.17) is 0 Å². The predicted octanol–water partition coefficient (Wildman–Crippen LogP) is 3.30. The van der Waals surface area contributed by atoms with Crippen LogP contribution in [-0.2, 0) is 16.1 Å². The van der Waals surface area contributed by atoms with Gasteiger partial charge in [0.2, 0.25) is 11.8 Å². The van der Waals surface area contributed by atoms with E-state index in [1.54, 1.807) is 27.0 Å². The van der Waals surface area contributed by atoms with E-state index >= 15 is 0 Å². The number of hydrogen-bond acceptors (Lipinski definition) is 6. The number of aliphatic hydroxyl groups is 1. The first-order valence-electron chi connectivity index (χ1n) is 10.3. The normalized spacial score (nSPS) is 14.3. The second kappa shape index (κ2) is 11.0. The largest absolute Gasteiger partial charge is 0.383 e. The molecule has 0 fully saturated rings. The smallest absolute Gasteiger partial charge is 0.250 e. The molecule has 8 heteroatoms. The van der Waals surface area contributed by atoms with Gasteiger partial charge >= 0.3 is 0 Å². The van der Waals surface area contributed by atoms with E-state index in [0.29, 0.717) is 23.5 Å². The number of nitrogens with one attached hydrogen (secondary N) is 3. The van der Waals surface area contributed by atoms with Crippen LogP contribution in [0.25, 0.3) is 0 Å². The summed E-state index contributed by atoms with van der Waals surface area (Å²) >= 11 is 1.42. The van der Waals surface area contributed by atoms with Gasteiger partial charge in [-0.1, -0.05) is 54.9 Å². The quantitative estimate of drug-likeness (QED) is 0.430. The SMILES string of the molecule is CCC[C@H](NC(=O)[C@@H](O)C(C)(C)C)C(=O)Nc1ncc(CNCCC(C)(C)C)s1. The van der Waals surface area contributed by atoms with E-state index < -0.39 is 23.5 Å². The van der Waals surface area contributed by atoms with Crippen molar-refractivity contribution in [2.24, 2.45) is 10.8 Å². The first-order chi connectivity index (χ1) is 13.3. The summed E-state index contributed by atoms with van der Waals surface area (Å²) in [5, 5.41) is 19.5. The fraction of sp³-hybridized carbons (Fsp3) is 0.762. The van der Waals surface area contributed by atoms with Crippen LogP contribution >= 0.6 is 11.3 Å². The summed E-state index contributed by atoms with van der Waals surface area (Å²) < 4.78 is 0. The van der Waals surface area contributed by atoms with Crippen molar-refractivity contribution in [3.63, 3.8) is 0 Å². The minimum Gasteiger partial charge on any atom is -0.383 e. The predicted molar refractivity (Wildman–Crippen MR) is 119 cm³/mol. The maximum absolute atomic E-state index is 12.6. The van der Waals surface area contributed by atoms with Crippen LogP contribution in [0.15, 0.2) is 6.20 Å². The Balaban J connectivity index is 2.60. The summed E-state index contributed by atoms with van der Waals surface area (Å²) in [5.41, 5.74) is -0.305. The van der Waals surface area contributed by atoms with Crippen molar-refractivity contribution in [3.05, 3.63) is 11.1 Å². The van der Waals surface area contributed by atoms with Gasteiger partial charge in [0.1, 0.15) is 12.1 Å². The topological polar surface area (TPSA) is 103 Å². The van der Waals surface area contributed by atoms with Crippen molar-refractivity contribution in [3.8, 4) is 0 Å². The van der Waals surface area contributed by atoms with Gasteiger partial charge in [0.25, 0.3) is 0 Å². The lowest BCUT2D eigenvalue weighted by Gasteiger charge is -2.26. The van der Waals surface area contributed by atoms with Crippen molar-refractivity contribution in [1.82, 2.24) is 15.6 Å². The van der Waals surface area contributed by atoms with Crippen molar-refractivity contribution in [1.29, 1.82) is 0 Å². The zero-order chi connectivity index (χ0) is 22.2. The molecule has 0 aromatic carbocycles. The molecule has 0 unspecified atom stereocenters. The molecule has 1 aromatic rings.